The molecule has 0 spiro atoms. The maximum atomic E-state index is 14.7. The van der Waals surface area contributed by atoms with Gasteiger partial charge >= 0.3 is 0 Å². The van der Waals surface area contributed by atoms with Gasteiger partial charge in [-0.15, -0.1) is 0 Å². The van der Waals surface area contributed by atoms with Crippen molar-refractivity contribution in [1.82, 2.24) is 0 Å². The Hall–Kier alpha value is -2.48. The van der Waals surface area contributed by atoms with Crippen LogP contribution in [-0.2, 0) is 12.8 Å². The molecule has 0 saturated carbocycles. The smallest absolute Gasteiger partial charge is 0.166 e. The van der Waals surface area contributed by atoms with E-state index in [2.05, 4.69) is 38.1 Å². The van der Waals surface area contributed by atoms with E-state index in [1.807, 2.05) is 24.3 Å². The van der Waals surface area contributed by atoms with E-state index in [9.17, 15) is 8.78 Å². The summed E-state index contributed by atoms with van der Waals surface area (Å²) in [7, 11) is 0. The molecule has 0 aliphatic carbocycles. The monoisotopic (exact) mass is 434 g/mol. The average Bonchev–Trinajstić information content (AvgIpc) is 2.82. The zero-order valence-corrected chi connectivity index (χ0v) is 19.6. The topological polar surface area (TPSA) is 0 Å². The second kappa shape index (κ2) is 12.5. The standard InChI is InChI=1S/C30H36F2/c1-3-5-7-8-10-11-23-13-15-24(16-14-23)25-17-19-26(20-18-25)28-22-21-27(12-9-6-4-2)29(31)30(28)32/h13-22H,3-12H2,1-2H3. The molecule has 0 bridgehead atoms. The van der Waals surface area contributed by atoms with E-state index in [0.717, 1.165) is 36.8 Å². The van der Waals surface area contributed by atoms with Crippen molar-refractivity contribution in [2.45, 2.75) is 78.1 Å². The lowest BCUT2D eigenvalue weighted by atomic mass is 9.97. The second-order valence-corrected chi connectivity index (χ2v) is 8.80. The van der Waals surface area contributed by atoms with E-state index < -0.39 is 11.6 Å². The predicted octanol–water partition coefficient (Wildman–Crippen LogP) is 9.54. The van der Waals surface area contributed by atoms with E-state index in [1.165, 1.54) is 37.7 Å². The van der Waals surface area contributed by atoms with Crippen LogP contribution in [0.2, 0.25) is 0 Å². The highest BCUT2D eigenvalue weighted by molar-refractivity contribution is 5.71. The molecule has 0 saturated heterocycles. The molecule has 0 atom stereocenters. The molecule has 0 unspecified atom stereocenters. The van der Waals surface area contributed by atoms with Crippen molar-refractivity contribution >= 4 is 0 Å². The molecule has 2 heteroatoms. The Kier molecular flexibility index (Phi) is 9.46. The SMILES string of the molecule is CCCCCCCc1ccc(-c2ccc(-c3ccc(CCCCC)c(F)c3F)cc2)cc1. The third-order valence-electron chi connectivity index (χ3n) is 6.26. The highest BCUT2D eigenvalue weighted by atomic mass is 19.2. The molecule has 0 N–H and O–H groups in total. The van der Waals surface area contributed by atoms with Crippen LogP contribution in [-0.4, -0.2) is 0 Å². The lowest BCUT2D eigenvalue weighted by molar-refractivity contribution is 0.498. The fourth-order valence-corrected chi connectivity index (χ4v) is 4.21. The van der Waals surface area contributed by atoms with Crippen LogP contribution >= 0.6 is 0 Å². The number of benzene rings is 3. The zero-order chi connectivity index (χ0) is 22.8. The number of rotatable bonds is 12. The maximum Gasteiger partial charge on any atom is 0.166 e. The summed E-state index contributed by atoms with van der Waals surface area (Å²) >= 11 is 0. The van der Waals surface area contributed by atoms with Crippen LogP contribution in [0.5, 0.6) is 0 Å². The molecule has 0 aromatic heterocycles. The van der Waals surface area contributed by atoms with Gasteiger partial charge in [-0.25, -0.2) is 8.78 Å². The number of halogens is 2. The van der Waals surface area contributed by atoms with Crippen LogP contribution in [0.3, 0.4) is 0 Å². The summed E-state index contributed by atoms with van der Waals surface area (Å²) in [6, 6.07) is 19.9. The maximum absolute atomic E-state index is 14.7. The quantitative estimate of drug-likeness (QED) is 0.249. The summed E-state index contributed by atoms with van der Waals surface area (Å²) in [5.74, 6) is -1.44. The second-order valence-electron chi connectivity index (χ2n) is 8.80. The number of hydrogen-bond donors (Lipinski definition) is 0. The Morgan fingerprint density at radius 3 is 1.69 bits per heavy atom. The van der Waals surface area contributed by atoms with Gasteiger partial charge in [0.05, 0.1) is 0 Å². The molecule has 3 aromatic carbocycles. The zero-order valence-electron chi connectivity index (χ0n) is 19.6. The first kappa shape index (κ1) is 24.2. The highest BCUT2D eigenvalue weighted by Gasteiger charge is 2.14. The molecule has 0 aliphatic rings. The third-order valence-corrected chi connectivity index (χ3v) is 6.26. The van der Waals surface area contributed by atoms with Gasteiger partial charge in [0.1, 0.15) is 0 Å². The predicted molar refractivity (Wildman–Crippen MR) is 133 cm³/mol. The van der Waals surface area contributed by atoms with Crippen molar-refractivity contribution < 1.29 is 8.78 Å². The van der Waals surface area contributed by atoms with Gasteiger partial charge in [-0.3, -0.25) is 0 Å². The van der Waals surface area contributed by atoms with Crippen molar-refractivity contribution in [3.8, 4) is 22.3 Å². The molecular formula is C30H36F2. The average molecular weight is 435 g/mol. The van der Waals surface area contributed by atoms with Gasteiger partial charge in [-0.2, -0.15) is 0 Å². The number of unbranched alkanes of at least 4 members (excludes halogenated alkanes) is 6. The van der Waals surface area contributed by atoms with Crippen molar-refractivity contribution in [3.63, 3.8) is 0 Å². The van der Waals surface area contributed by atoms with Gasteiger partial charge in [0.25, 0.3) is 0 Å². The molecule has 32 heavy (non-hydrogen) atoms. The number of aryl methyl sites for hydroxylation is 2. The summed E-state index contributed by atoms with van der Waals surface area (Å²) < 4.78 is 29.3. The van der Waals surface area contributed by atoms with E-state index in [4.69, 9.17) is 0 Å². The molecule has 0 amide bonds. The van der Waals surface area contributed by atoms with Crippen molar-refractivity contribution in [2.75, 3.05) is 0 Å². The van der Waals surface area contributed by atoms with Crippen LogP contribution < -0.4 is 0 Å². The van der Waals surface area contributed by atoms with Gasteiger partial charge < -0.3 is 0 Å². The molecule has 3 aromatic rings. The summed E-state index contributed by atoms with van der Waals surface area (Å²) in [6.07, 6.45) is 11.2. The van der Waals surface area contributed by atoms with Gasteiger partial charge in [0.2, 0.25) is 0 Å². The van der Waals surface area contributed by atoms with Gasteiger partial charge in [-0.1, -0.05) is 113 Å². The summed E-state index contributed by atoms with van der Waals surface area (Å²) in [5, 5.41) is 0. The van der Waals surface area contributed by atoms with Crippen LogP contribution in [0.15, 0.2) is 60.7 Å². The van der Waals surface area contributed by atoms with Crippen molar-refractivity contribution in [3.05, 3.63) is 83.4 Å². The van der Waals surface area contributed by atoms with Crippen LogP contribution in [0.25, 0.3) is 22.3 Å². The minimum atomic E-state index is -0.741. The van der Waals surface area contributed by atoms with Crippen LogP contribution in [0.4, 0.5) is 8.78 Å². The first-order valence-electron chi connectivity index (χ1n) is 12.3. The molecule has 3 rings (SSSR count). The normalized spacial score (nSPS) is 11.1. The first-order valence-corrected chi connectivity index (χ1v) is 12.3. The Morgan fingerprint density at radius 2 is 1.03 bits per heavy atom. The van der Waals surface area contributed by atoms with Gasteiger partial charge in [0, 0.05) is 5.56 Å². The van der Waals surface area contributed by atoms with Crippen molar-refractivity contribution in [1.29, 1.82) is 0 Å². The number of hydrogen-bond acceptors (Lipinski definition) is 0. The molecular weight excluding hydrogens is 398 g/mol. The minimum absolute atomic E-state index is 0.326. The van der Waals surface area contributed by atoms with Crippen LogP contribution in [0, 0.1) is 11.6 Å². The van der Waals surface area contributed by atoms with Gasteiger partial charge in [0.15, 0.2) is 11.6 Å². The third kappa shape index (κ3) is 6.51. The van der Waals surface area contributed by atoms with Gasteiger partial charge in [-0.05, 0) is 53.5 Å². The lowest BCUT2D eigenvalue weighted by Gasteiger charge is -2.10. The summed E-state index contributed by atoms with van der Waals surface area (Å²) in [4.78, 5) is 0. The molecule has 0 heterocycles. The Morgan fingerprint density at radius 1 is 0.500 bits per heavy atom. The van der Waals surface area contributed by atoms with Crippen LogP contribution in [0.1, 0.15) is 76.3 Å². The Balaban J connectivity index is 1.65. The fourth-order valence-electron chi connectivity index (χ4n) is 4.21. The van der Waals surface area contributed by atoms with E-state index in [0.29, 0.717) is 23.1 Å². The largest absolute Gasteiger partial charge is 0.203 e. The molecule has 0 fully saturated rings. The molecule has 0 radical (unpaired) electrons. The highest BCUT2D eigenvalue weighted by Crippen LogP contribution is 2.29. The Bertz CT molecular complexity index is 955. The molecule has 0 nitrogen and oxygen atoms in total. The summed E-state index contributed by atoms with van der Waals surface area (Å²) in [5.41, 5.74) is 5.10. The minimum Gasteiger partial charge on any atom is -0.203 e. The summed E-state index contributed by atoms with van der Waals surface area (Å²) in [6.45, 7) is 4.35. The van der Waals surface area contributed by atoms with E-state index in [1.54, 1.807) is 12.1 Å². The van der Waals surface area contributed by atoms with E-state index in [-0.39, 0.29) is 0 Å². The van der Waals surface area contributed by atoms with E-state index >= 15 is 0 Å². The first-order chi connectivity index (χ1) is 15.6. The Labute approximate surface area is 192 Å². The lowest BCUT2D eigenvalue weighted by Crippen LogP contribution is -1.97. The molecule has 170 valence electrons. The fraction of sp³-hybridized carbons (Fsp3) is 0.400. The van der Waals surface area contributed by atoms with Crippen molar-refractivity contribution in [2.24, 2.45) is 0 Å². The molecule has 0 aliphatic heterocycles.